The summed E-state index contributed by atoms with van der Waals surface area (Å²) in [5.74, 6) is 0. The van der Waals surface area contributed by atoms with Gasteiger partial charge in [0.1, 0.15) is 11.6 Å². The Hall–Kier alpha value is -0.0500. The molecule has 0 aliphatic heterocycles. The third-order valence-corrected chi connectivity index (χ3v) is 0.950. The Balaban J connectivity index is -0.000000405. The molecule has 0 unspecified atom stereocenters. The molecule has 0 spiro atoms. The van der Waals surface area contributed by atoms with Crippen molar-refractivity contribution in [2.45, 2.75) is 6.29 Å². The topological polar surface area (TPSA) is 62.5 Å². The van der Waals surface area contributed by atoms with E-state index in [0.717, 1.165) is 0 Å². The van der Waals surface area contributed by atoms with Gasteiger partial charge in [-0.3, -0.25) is 0 Å². The van der Waals surface area contributed by atoms with E-state index in [1.165, 1.54) is 14.2 Å². The second-order valence-corrected chi connectivity index (χ2v) is 1.50. The van der Waals surface area contributed by atoms with Crippen molar-refractivity contribution in [3.63, 3.8) is 0 Å². The fourth-order valence-electron chi connectivity index (χ4n) is 0.493. The largest absolute Gasteiger partial charge is 1.00 e. The molecule has 0 aliphatic rings. The summed E-state index contributed by atoms with van der Waals surface area (Å²) in [5, 5.41) is 16.7. The summed E-state index contributed by atoms with van der Waals surface area (Å²) in [4.78, 5) is 0. The van der Waals surface area contributed by atoms with Crippen molar-refractivity contribution in [3.8, 4) is 6.07 Å². The first-order valence-corrected chi connectivity index (χ1v) is 2.60. The van der Waals surface area contributed by atoms with Crippen LogP contribution in [0.3, 0.4) is 0 Å². The first-order valence-electron chi connectivity index (χ1n) is 2.60. The molecule has 4 nitrogen and oxygen atoms in total. The van der Waals surface area contributed by atoms with E-state index >= 15 is 0 Å². The van der Waals surface area contributed by atoms with Crippen molar-refractivity contribution in [1.82, 2.24) is 0 Å². The van der Waals surface area contributed by atoms with Crippen LogP contribution in [0.25, 0.3) is 0 Å². The zero-order valence-corrected chi connectivity index (χ0v) is 8.87. The molecule has 11 heavy (non-hydrogen) atoms. The van der Waals surface area contributed by atoms with Crippen molar-refractivity contribution in [2.24, 2.45) is 0 Å². The van der Waals surface area contributed by atoms with Gasteiger partial charge in [-0.05, 0) is 0 Å². The first-order chi connectivity index (χ1) is 4.79. The molecular weight excluding hydrogens is 157 g/mol. The fourth-order valence-corrected chi connectivity index (χ4v) is 0.493. The van der Waals surface area contributed by atoms with Gasteiger partial charge < -0.3 is 16.0 Å². The monoisotopic (exact) mass is 167 g/mol. The van der Waals surface area contributed by atoms with Gasteiger partial charge in [0.15, 0.2) is 6.29 Å². The molecule has 0 atom stereocenters. The number of hydrogen-bond donors (Lipinski definition) is 1. The second kappa shape index (κ2) is 8.05. The minimum atomic E-state index is -0.769. The molecule has 0 aliphatic carbocycles. The number of aliphatic hydroxyl groups excluding tert-OH is 1. The molecule has 0 aromatic carbocycles. The number of ether oxygens (including phenoxy) is 2. The minimum Gasteiger partial charge on any atom is -1.00 e. The number of hydrogen-bond acceptors (Lipinski definition) is 4. The van der Waals surface area contributed by atoms with E-state index < -0.39 is 6.29 Å². The maximum Gasteiger partial charge on any atom is 1.00 e. The summed E-state index contributed by atoms with van der Waals surface area (Å²) in [6, 6.07) is 1.71. The number of methoxy groups -OCH3 is 2. The molecule has 5 heteroatoms. The third-order valence-electron chi connectivity index (χ3n) is 0.950. The molecule has 0 aromatic heterocycles. The molecule has 0 heterocycles. The van der Waals surface area contributed by atoms with Crippen LogP contribution in [-0.2, 0) is 9.47 Å². The standard InChI is InChI=1S/C6H9NO3.Na.H/c1-9-6(10-2)5(3-7)4-8;;/h4,6,8H,1-2H3;;/q;+1;-1. The maximum atomic E-state index is 8.41. The molecule has 0 bridgehead atoms. The minimum absolute atomic E-state index is 0. The third kappa shape index (κ3) is 4.40. The Morgan fingerprint density at radius 3 is 2.18 bits per heavy atom. The SMILES string of the molecule is COC(OC)C(C#N)=CO.[H-].[Na+]. The van der Waals surface area contributed by atoms with E-state index in [1.54, 1.807) is 6.07 Å². The fraction of sp³-hybridized carbons (Fsp3) is 0.500. The summed E-state index contributed by atoms with van der Waals surface area (Å²) in [5.41, 5.74) is 0.0463. The number of aliphatic hydroxyl groups is 1. The zero-order chi connectivity index (χ0) is 7.98. The molecule has 0 rings (SSSR count). The molecule has 0 saturated heterocycles. The predicted octanol–water partition coefficient (Wildman–Crippen LogP) is -2.31. The Kier molecular flexibility index (Phi) is 9.90. The van der Waals surface area contributed by atoms with E-state index in [0.29, 0.717) is 6.26 Å². The van der Waals surface area contributed by atoms with Crippen LogP contribution in [0.4, 0.5) is 0 Å². The van der Waals surface area contributed by atoms with Gasteiger partial charge in [0.2, 0.25) is 0 Å². The van der Waals surface area contributed by atoms with E-state index in [-0.39, 0.29) is 36.6 Å². The van der Waals surface area contributed by atoms with Gasteiger partial charge in [0.25, 0.3) is 0 Å². The summed E-state index contributed by atoms with van der Waals surface area (Å²) >= 11 is 0. The summed E-state index contributed by atoms with van der Waals surface area (Å²) in [7, 11) is 2.77. The molecule has 0 amide bonds. The summed E-state index contributed by atoms with van der Waals surface area (Å²) < 4.78 is 9.34. The normalized spacial score (nSPS) is 10.5. The van der Waals surface area contributed by atoms with Crippen LogP contribution < -0.4 is 29.6 Å². The maximum absolute atomic E-state index is 8.41. The van der Waals surface area contributed by atoms with Crippen LogP contribution in [0.5, 0.6) is 0 Å². The molecule has 58 valence electrons. The Bertz CT molecular complexity index is 165. The number of rotatable bonds is 3. The van der Waals surface area contributed by atoms with Crippen molar-refractivity contribution in [2.75, 3.05) is 14.2 Å². The van der Waals surface area contributed by atoms with Gasteiger partial charge in [-0.2, -0.15) is 5.26 Å². The van der Waals surface area contributed by atoms with Crippen molar-refractivity contribution >= 4 is 0 Å². The average Bonchev–Trinajstić information content (AvgIpc) is 2.00. The molecule has 0 radical (unpaired) electrons. The van der Waals surface area contributed by atoms with Gasteiger partial charge in [0.05, 0.1) is 6.26 Å². The van der Waals surface area contributed by atoms with E-state index in [1.807, 2.05) is 0 Å². The van der Waals surface area contributed by atoms with Gasteiger partial charge in [-0.15, -0.1) is 0 Å². The van der Waals surface area contributed by atoms with Crippen molar-refractivity contribution in [3.05, 3.63) is 11.8 Å². The average molecular weight is 167 g/mol. The first kappa shape index (κ1) is 13.5. The predicted molar refractivity (Wildman–Crippen MR) is 35.2 cm³/mol. The Morgan fingerprint density at radius 2 is 2.09 bits per heavy atom. The van der Waals surface area contributed by atoms with Crippen LogP contribution in [0.15, 0.2) is 11.8 Å². The van der Waals surface area contributed by atoms with Gasteiger partial charge in [-0.25, -0.2) is 0 Å². The quantitative estimate of drug-likeness (QED) is 0.222. The smallest absolute Gasteiger partial charge is 1.00 e. The van der Waals surface area contributed by atoms with Gasteiger partial charge >= 0.3 is 29.6 Å². The van der Waals surface area contributed by atoms with Crippen molar-refractivity contribution < 1.29 is 45.6 Å². The summed E-state index contributed by atoms with van der Waals surface area (Å²) in [6.45, 7) is 0. The van der Waals surface area contributed by atoms with Crippen LogP contribution in [0.2, 0.25) is 0 Å². The van der Waals surface area contributed by atoms with Crippen LogP contribution in [-0.4, -0.2) is 25.6 Å². The molecular formula is C6H10NNaO3. The van der Waals surface area contributed by atoms with Crippen LogP contribution >= 0.6 is 0 Å². The van der Waals surface area contributed by atoms with Crippen LogP contribution in [0.1, 0.15) is 1.43 Å². The summed E-state index contributed by atoms with van der Waals surface area (Å²) in [6.07, 6.45) is -0.104. The van der Waals surface area contributed by atoms with E-state index in [4.69, 9.17) is 10.4 Å². The molecule has 1 N–H and O–H groups in total. The Morgan fingerprint density at radius 1 is 1.64 bits per heavy atom. The second-order valence-electron chi connectivity index (χ2n) is 1.50. The zero-order valence-electron chi connectivity index (χ0n) is 7.87. The number of nitrogens with zero attached hydrogens (tertiary/aromatic N) is 1. The number of nitriles is 1. The van der Waals surface area contributed by atoms with E-state index in [2.05, 4.69) is 9.47 Å². The Labute approximate surface area is 89.2 Å². The van der Waals surface area contributed by atoms with Gasteiger partial charge in [0, 0.05) is 14.2 Å². The molecule has 0 aromatic rings. The molecule has 0 fully saturated rings. The van der Waals surface area contributed by atoms with E-state index in [9.17, 15) is 0 Å². The molecule has 0 saturated carbocycles. The van der Waals surface area contributed by atoms with Crippen LogP contribution in [0, 0.1) is 11.3 Å². The van der Waals surface area contributed by atoms with Crippen molar-refractivity contribution in [1.29, 1.82) is 5.26 Å². The van der Waals surface area contributed by atoms with Gasteiger partial charge in [-0.1, -0.05) is 0 Å².